The second kappa shape index (κ2) is 6.76. The monoisotopic (exact) mass is 346 g/mol. The van der Waals surface area contributed by atoms with Crippen molar-refractivity contribution in [3.63, 3.8) is 0 Å². The number of nitrogens with one attached hydrogen (secondary N) is 2. The Morgan fingerprint density at radius 3 is 2.68 bits per heavy atom. The predicted octanol–water partition coefficient (Wildman–Crippen LogP) is 0.784. The predicted molar refractivity (Wildman–Crippen MR) is 81.0 cm³/mol. The molecule has 0 spiro atoms. The van der Waals surface area contributed by atoms with E-state index < -0.39 is 33.9 Å². The maximum Gasteiger partial charge on any atom is 0.306 e. The van der Waals surface area contributed by atoms with E-state index in [0.29, 0.717) is 19.3 Å². The van der Waals surface area contributed by atoms with Gasteiger partial charge in [-0.3, -0.25) is 9.59 Å². The van der Waals surface area contributed by atoms with Gasteiger partial charge in [-0.25, -0.2) is 8.42 Å². The molecule has 1 fully saturated rings. The highest BCUT2D eigenvalue weighted by molar-refractivity contribution is 7.91. The third kappa shape index (κ3) is 4.05. The summed E-state index contributed by atoms with van der Waals surface area (Å²) < 4.78 is 26.5. The average Bonchev–Trinajstić information content (AvgIpc) is 3.09. The summed E-state index contributed by atoms with van der Waals surface area (Å²) in [4.78, 5) is 22.9. The lowest BCUT2D eigenvalue weighted by molar-refractivity contribution is -0.141. The van der Waals surface area contributed by atoms with Gasteiger partial charge in [0.25, 0.3) is 10.0 Å². The Morgan fingerprint density at radius 1 is 1.41 bits per heavy atom. The molecule has 0 saturated heterocycles. The lowest BCUT2D eigenvalue weighted by Crippen LogP contribution is -2.47. The van der Waals surface area contributed by atoms with Crippen LogP contribution >= 0.6 is 11.3 Å². The van der Waals surface area contributed by atoms with Crippen molar-refractivity contribution < 1.29 is 23.1 Å². The van der Waals surface area contributed by atoms with Gasteiger partial charge < -0.3 is 10.4 Å². The molecule has 1 unspecified atom stereocenters. The van der Waals surface area contributed by atoms with Crippen LogP contribution in [0.25, 0.3) is 0 Å². The lowest BCUT2D eigenvalue weighted by Gasteiger charge is -2.17. The second-order valence-corrected chi connectivity index (χ2v) is 8.22. The fraction of sp³-hybridized carbons (Fsp3) is 0.538. The number of amides is 1. The molecule has 1 aromatic heterocycles. The van der Waals surface area contributed by atoms with Gasteiger partial charge in [-0.1, -0.05) is 6.07 Å². The van der Waals surface area contributed by atoms with Crippen LogP contribution in [-0.2, 0) is 19.6 Å². The zero-order chi connectivity index (χ0) is 16.3. The molecule has 7 nitrogen and oxygen atoms in total. The summed E-state index contributed by atoms with van der Waals surface area (Å²) in [6, 6.07) is 1.94. The van der Waals surface area contributed by atoms with Crippen molar-refractivity contribution >= 4 is 33.2 Å². The van der Waals surface area contributed by atoms with E-state index in [1.54, 1.807) is 11.4 Å². The van der Waals surface area contributed by atoms with Crippen LogP contribution in [0.5, 0.6) is 0 Å². The van der Waals surface area contributed by atoms with Crippen LogP contribution in [0.1, 0.15) is 26.2 Å². The summed E-state index contributed by atoms with van der Waals surface area (Å²) in [5.41, 5.74) is 0. The Kier molecular flexibility index (Phi) is 5.20. The van der Waals surface area contributed by atoms with Crippen molar-refractivity contribution in [1.29, 1.82) is 0 Å². The van der Waals surface area contributed by atoms with Crippen LogP contribution in [0, 0.1) is 5.92 Å². The van der Waals surface area contributed by atoms with Crippen molar-refractivity contribution in [1.82, 2.24) is 10.0 Å². The average molecular weight is 346 g/mol. The standard InChI is InChI=1S/C13H18N2O5S2/c1-8(15-22(19,20)11-3-2-6-21-11)12(16)14-10-5-4-9(7-10)13(17)18/h2-3,6,8-10,15H,4-5,7H2,1H3,(H,14,16)(H,17,18)/t8?,9-,10+/m1/s1. The number of hydrogen-bond donors (Lipinski definition) is 3. The van der Waals surface area contributed by atoms with Gasteiger partial charge in [0.1, 0.15) is 4.21 Å². The highest BCUT2D eigenvalue weighted by atomic mass is 32.2. The molecule has 9 heteroatoms. The van der Waals surface area contributed by atoms with Gasteiger partial charge in [-0.05, 0) is 37.6 Å². The first-order chi connectivity index (χ1) is 10.3. The highest BCUT2D eigenvalue weighted by Crippen LogP contribution is 2.25. The molecule has 3 N–H and O–H groups in total. The molecule has 1 aliphatic carbocycles. The zero-order valence-electron chi connectivity index (χ0n) is 12.0. The summed E-state index contributed by atoms with van der Waals surface area (Å²) >= 11 is 1.07. The molecule has 22 heavy (non-hydrogen) atoms. The van der Waals surface area contributed by atoms with Gasteiger partial charge in [0, 0.05) is 6.04 Å². The molecule has 0 bridgehead atoms. The summed E-state index contributed by atoms with van der Waals surface area (Å²) in [5.74, 6) is -1.75. The van der Waals surface area contributed by atoms with Gasteiger partial charge >= 0.3 is 5.97 Å². The molecule has 2 rings (SSSR count). The zero-order valence-corrected chi connectivity index (χ0v) is 13.6. The topological polar surface area (TPSA) is 113 Å². The molecule has 1 heterocycles. The molecule has 1 amide bonds. The minimum Gasteiger partial charge on any atom is -0.481 e. The first kappa shape index (κ1) is 16.9. The van der Waals surface area contributed by atoms with Gasteiger partial charge in [0.2, 0.25) is 5.91 Å². The molecule has 0 aliphatic heterocycles. The Morgan fingerprint density at radius 2 is 2.14 bits per heavy atom. The molecule has 1 saturated carbocycles. The van der Waals surface area contributed by atoms with Crippen LogP contribution in [0.15, 0.2) is 21.7 Å². The Labute approximate surface area is 132 Å². The Hall–Kier alpha value is -1.45. The van der Waals surface area contributed by atoms with Gasteiger partial charge in [0.05, 0.1) is 12.0 Å². The molecule has 122 valence electrons. The van der Waals surface area contributed by atoms with E-state index in [0.717, 1.165) is 11.3 Å². The first-order valence-electron chi connectivity index (χ1n) is 6.88. The van der Waals surface area contributed by atoms with Crippen molar-refractivity contribution in [2.24, 2.45) is 5.92 Å². The number of sulfonamides is 1. The maximum absolute atomic E-state index is 12.0. The van der Waals surface area contributed by atoms with Crippen molar-refractivity contribution in [2.45, 2.75) is 42.5 Å². The Bertz CT molecular complexity index is 641. The smallest absolute Gasteiger partial charge is 0.306 e. The lowest BCUT2D eigenvalue weighted by atomic mass is 10.1. The molecule has 1 aromatic rings. The second-order valence-electron chi connectivity index (χ2n) is 5.33. The van der Waals surface area contributed by atoms with Crippen LogP contribution < -0.4 is 10.0 Å². The van der Waals surface area contributed by atoms with Crippen LogP contribution in [0.4, 0.5) is 0 Å². The third-order valence-corrected chi connectivity index (χ3v) is 6.55. The minimum absolute atomic E-state index is 0.152. The van der Waals surface area contributed by atoms with E-state index in [1.165, 1.54) is 13.0 Å². The summed E-state index contributed by atoms with van der Waals surface area (Å²) in [6.45, 7) is 1.46. The van der Waals surface area contributed by atoms with Crippen LogP contribution in [-0.4, -0.2) is 37.5 Å². The number of aliphatic carboxylic acids is 1. The van der Waals surface area contributed by atoms with E-state index in [4.69, 9.17) is 5.11 Å². The number of carboxylic acid groups (broad SMARTS) is 1. The summed E-state index contributed by atoms with van der Waals surface area (Å²) in [6.07, 6.45) is 1.49. The van der Waals surface area contributed by atoms with E-state index in [1.807, 2.05) is 0 Å². The van der Waals surface area contributed by atoms with Crippen molar-refractivity contribution in [2.75, 3.05) is 0 Å². The highest BCUT2D eigenvalue weighted by Gasteiger charge is 2.32. The molecule has 0 aromatic carbocycles. The number of rotatable bonds is 6. The molecule has 1 aliphatic rings. The van der Waals surface area contributed by atoms with E-state index in [-0.39, 0.29) is 10.3 Å². The van der Waals surface area contributed by atoms with Gasteiger partial charge in [0.15, 0.2) is 0 Å². The molecule has 3 atom stereocenters. The van der Waals surface area contributed by atoms with Crippen LogP contribution in [0.2, 0.25) is 0 Å². The fourth-order valence-electron chi connectivity index (χ4n) is 2.42. The minimum atomic E-state index is -3.71. The van der Waals surface area contributed by atoms with Gasteiger partial charge in [-0.2, -0.15) is 4.72 Å². The van der Waals surface area contributed by atoms with E-state index >= 15 is 0 Å². The number of carbonyl (C=O) groups excluding carboxylic acids is 1. The third-order valence-electron chi connectivity index (χ3n) is 3.61. The fourth-order valence-corrected chi connectivity index (χ4v) is 4.64. The normalized spacial score (nSPS) is 23.1. The molecular weight excluding hydrogens is 328 g/mol. The van der Waals surface area contributed by atoms with Crippen molar-refractivity contribution in [3.8, 4) is 0 Å². The maximum atomic E-state index is 12.0. The number of thiophene rings is 1. The van der Waals surface area contributed by atoms with Crippen molar-refractivity contribution in [3.05, 3.63) is 17.5 Å². The summed E-state index contributed by atoms with van der Waals surface area (Å²) in [5, 5.41) is 13.3. The number of carboxylic acids is 1. The molecule has 0 radical (unpaired) electrons. The SMILES string of the molecule is CC(NS(=O)(=O)c1cccs1)C(=O)N[C@H]1CC[C@@H](C(=O)O)C1. The molecular formula is C13H18N2O5S2. The number of hydrogen-bond acceptors (Lipinski definition) is 5. The quantitative estimate of drug-likeness (QED) is 0.705. The first-order valence-corrected chi connectivity index (χ1v) is 9.25. The van der Waals surface area contributed by atoms with E-state index in [2.05, 4.69) is 10.0 Å². The summed E-state index contributed by atoms with van der Waals surface area (Å²) in [7, 11) is -3.71. The van der Waals surface area contributed by atoms with Gasteiger partial charge in [-0.15, -0.1) is 11.3 Å². The van der Waals surface area contributed by atoms with Crippen LogP contribution in [0.3, 0.4) is 0 Å². The largest absolute Gasteiger partial charge is 0.481 e. The van der Waals surface area contributed by atoms with E-state index in [9.17, 15) is 18.0 Å². The number of carbonyl (C=O) groups is 2. The Balaban J connectivity index is 1.89.